The Morgan fingerprint density at radius 1 is 1.33 bits per heavy atom. The van der Waals surface area contributed by atoms with E-state index in [1.54, 1.807) is 4.90 Å². The molecule has 5 nitrogen and oxygen atoms in total. The first-order valence-electron chi connectivity index (χ1n) is 7.75. The van der Waals surface area contributed by atoms with Crippen molar-refractivity contribution in [3.05, 3.63) is 12.7 Å². The Hall–Kier alpha value is -1.65. The molecule has 0 aromatic rings. The van der Waals surface area contributed by atoms with Crippen molar-refractivity contribution >= 4 is 17.6 Å². The van der Waals surface area contributed by atoms with Crippen LogP contribution >= 0.6 is 0 Å². The minimum atomic E-state index is -0.217. The Morgan fingerprint density at radius 3 is 2.48 bits per heavy atom. The number of likely N-dealkylation sites (tertiary alicyclic amines) is 1. The number of carbonyl (C=O) groups is 3. The van der Waals surface area contributed by atoms with Gasteiger partial charge in [0.25, 0.3) is 0 Å². The number of hydrogen-bond donors (Lipinski definition) is 0. The Bertz CT molecular complexity index is 450. The molecule has 1 aliphatic carbocycles. The molecule has 0 unspecified atom stereocenters. The first kappa shape index (κ1) is 15.7. The van der Waals surface area contributed by atoms with E-state index in [0.717, 1.165) is 25.7 Å². The van der Waals surface area contributed by atoms with Crippen LogP contribution in [0.5, 0.6) is 0 Å². The summed E-state index contributed by atoms with van der Waals surface area (Å²) in [6.45, 7) is 7.15. The lowest BCUT2D eigenvalue weighted by atomic mass is 9.76. The van der Waals surface area contributed by atoms with Crippen LogP contribution < -0.4 is 0 Å². The second-order valence-electron chi connectivity index (χ2n) is 5.99. The maximum atomic E-state index is 12.3. The van der Waals surface area contributed by atoms with Crippen molar-refractivity contribution in [2.75, 3.05) is 26.2 Å². The highest BCUT2D eigenvalue weighted by molar-refractivity contribution is 5.91. The van der Waals surface area contributed by atoms with Crippen molar-refractivity contribution < 1.29 is 14.4 Å². The molecule has 1 spiro atoms. The molecule has 0 aromatic heterocycles. The Morgan fingerprint density at radius 2 is 2.00 bits per heavy atom. The van der Waals surface area contributed by atoms with Crippen LogP contribution in [0.3, 0.4) is 0 Å². The van der Waals surface area contributed by atoms with E-state index in [1.807, 2.05) is 6.92 Å². The number of nitrogens with zero attached hydrogens (tertiary/aromatic N) is 2. The highest BCUT2D eigenvalue weighted by Gasteiger charge is 2.44. The summed E-state index contributed by atoms with van der Waals surface area (Å²) in [5.74, 6) is 0.129. The molecule has 1 saturated carbocycles. The second kappa shape index (κ2) is 6.41. The lowest BCUT2D eigenvalue weighted by molar-refractivity contribution is -0.141. The summed E-state index contributed by atoms with van der Waals surface area (Å²) in [6, 6.07) is 0. The van der Waals surface area contributed by atoms with E-state index in [0.29, 0.717) is 31.8 Å². The Labute approximate surface area is 126 Å². The third-order valence-electron chi connectivity index (χ3n) is 4.92. The van der Waals surface area contributed by atoms with Gasteiger partial charge in [-0.3, -0.25) is 14.4 Å². The first-order valence-corrected chi connectivity index (χ1v) is 7.75. The molecule has 0 aromatic carbocycles. The third kappa shape index (κ3) is 3.17. The average molecular weight is 292 g/mol. The number of ketones is 1. The topological polar surface area (TPSA) is 57.7 Å². The van der Waals surface area contributed by atoms with Crippen LogP contribution in [0.15, 0.2) is 12.7 Å². The van der Waals surface area contributed by atoms with E-state index >= 15 is 0 Å². The van der Waals surface area contributed by atoms with Gasteiger partial charge in [-0.25, -0.2) is 0 Å². The summed E-state index contributed by atoms with van der Waals surface area (Å²) in [5.41, 5.74) is -0.155. The number of carbonyl (C=O) groups excluding carboxylic acids is 3. The van der Waals surface area contributed by atoms with Gasteiger partial charge in [-0.15, -0.1) is 0 Å². The molecule has 2 fully saturated rings. The summed E-state index contributed by atoms with van der Waals surface area (Å²) >= 11 is 0. The summed E-state index contributed by atoms with van der Waals surface area (Å²) in [7, 11) is 0. The summed E-state index contributed by atoms with van der Waals surface area (Å²) in [4.78, 5) is 39.2. The molecule has 2 aliphatic rings. The van der Waals surface area contributed by atoms with Crippen LogP contribution in [0.4, 0.5) is 0 Å². The van der Waals surface area contributed by atoms with Gasteiger partial charge >= 0.3 is 0 Å². The molecule has 21 heavy (non-hydrogen) atoms. The molecular formula is C16H24N2O3. The standard InChI is InChI=1S/C16H24N2O3/c1-3-14(20)17(4-2)12-15(21)18-10-8-16(9-11-18)7-5-6-13(16)19/h3H,1,4-12H2,2H3. The van der Waals surface area contributed by atoms with Crippen molar-refractivity contribution in [1.29, 1.82) is 0 Å². The van der Waals surface area contributed by atoms with E-state index in [-0.39, 0.29) is 23.8 Å². The summed E-state index contributed by atoms with van der Waals surface area (Å²) in [6.07, 6.45) is 5.46. The van der Waals surface area contributed by atoms with Crippen molar-refractivity contribution in [3.8, 4) is 0 Å². The molecule has 0 atom stereocenters. The van der Waals surface area contributed by atoms with Crippen LogP contribution in [-0.4, -0.2) is 53.6 Å². The predicted molar refractivity (Wildman–Crippen MR) is 79.6 cm³/mol. The largest absolute Gasteiger partial charge is 0.341 e. The molecule has 0 bridgehead atoms. The molecule has 1 aliphatic heterocycles. The molecule has 2 rings (SSSR count). The lowest BCUT2D eigenvalue weighted by Crippen LogP contribution is -2.48. The number of piperidine rings is 1. The van der Waals surface area contributed by atoms with E-state index < -0.39 is 0 Å². The second-order valence-corrected chi connectivity index (χ2v) is 5.99. The Balaban J connectivity index is 1.89. The van der Waals surface area contributed by atoms with Crippen LogP contribution in [-0.2, 0) is 14.4 Å². The molecular weight excluding hydrogens is 268 g/mol. The van der Waals surface area contributed by atoms with Gasteiger partial charge < -0.3 is 9.80 Å². The summed E-state index contributed by atoms with van der Waals surface area (Å²) in [5, 5.41) is 0. The number of rotatable bonds is 4. The van der Waals surface area contributed by atoms with Gasteiger partial charge in [0, 0.05) is 31.5 Å². The lowest BCUT2D eigenvalue weighted by Gasteiger charge is -2.38. The average Bonchev–Trinajstić information content (AvgIpc) is 2.85. The van der Waals surface area contributed by atoms with Crippen molar-refractivity contribution in [2.24, 2.45) is 5.41 Å². The van der Waals surface area contributed by atoms with E-state index in [4.69, 9.17) is 0 Å². The van der Waals surface area contributed by atoms with Gasteiger partial charge in [-0.1, -0.05) is 6.58 Å². The maximum Gasteiger partial charge on any atom is 0.246 e. The van der Waals surface area contributed by atoms with Gasteiger partial charge in [0.1, 0.15) is 5.78 Å². The monoisotopic (exact) mass is 292 g/mol. The molecule has 116 valence electrons. The maximum absolute atomic E-state index is 12.3. The first-order chi connectivity index (χ1) is 10.0. The number of amides is 2. The van der Waals surface area contributed by atoms with E-state index in [2.05, 4.69) is 6.58 Å². The third-order valence-corrected chi connectivity index (χ3v) is 4.92. The molecule has 1 heterocycles. The Kier molecular flexibility index (Phi) is 4.80. The van der Waals surface area contributed by atoms with Gasteiger partial charge in [0.05, 0.1) is 6.54 Å². The zero-order valence-electron chi connectivity index (χ0n) is 12.8. The number of hydrogen-bond acceptors (Lipinski definition) is 3. The molecule has 0 radical (unpaired) electrons. The quantitative estimate of drug-likeness (QED) is 0.736. The van der Waals surface area contributed by atoms with E-state index in [1.165, 1.54) is 11.0 Å². The van der Waals surface area contributed by atoms with Gasteiger partial charge in [-0.05, 0) is 38.7 Å². The smallest absolute Gasteiger partial charge is 0.246 e. The summed E-state index contributed by atoms with van der Waals surface area (Å²) < 4.78 is 0. The fraction of sp³-hybridized carbons (Fsp3) is 0.688. The highest BCUT2D eigenvalue weighted by atomic mass is 16.2. The highest BCUT2D eigenvalue weighted by Crippen LogP contribution is 2.43. The van der Waals surface area contributed by atoms with Gasteiger partial charge in [-0.2, -0.15) is 0 Å². The molecule has 2 amide bonds. The molecule has 5 heteroatoms. The van der Waals surface area contributed by atoms with Crippen LogP contribution in [0, 0.1) is 5.41 Å². The minimum absolute atomic E-state index is 0.0349. The van der Waals surface area contributed by atoms with Gasteiger partial charge in [0.2, 0.25) is 11.8 Å². The SMILES string of the molecule is C=CC(=O)N(CC)CC(=O)N1CCC2(CCCC2=O)CC1. The number of likely N-dealkylation sites (N-methyl/N-ethyl adjacent to an activating group) is 1. The zero-order chi connectivity index (χ0) is 15.5. The minimum Gasteiger partial charge on any atom is -0.341 e. The van der Waals surface area contributed by atoms with E-state index in [9.17, 15) is 14.4 Å². The van der Waals surface area contributed by atoms with Gasteiger partial charge in [0.15, 0.2) is 0 Å². The van der Waals surface area contributed by atoms with Crippen LogP contribution in [0.1, 0.15) is 39.0 Å². The fourth-order valence-electron chi connectivity index (χ4n) is 3.44. The van der Waals surface area contributed by atoms with Crippen LogP contribution in [0.25, 0.3) is 0 Å². The predicted octanol–water partition coefficient (Wildman–Crippen LogP) is 1.38. The van der Waals surface area contributed by atoms with Crippen molar-refractivity contribution in [2.45, 2.75) is 39.0 Å². The molecule has 0 N–H and O–H groups in total. The normalized spacial score (nSPS) is 20.6. The number of Topliss-reactive ketones (excluding diaryl/α,β-unsaturated/α-hetero) is 1. The zero-order valence-corrected chi connectivity index (χ0v) is 12.8. The van der Waals surface area contributed by atoms with Crippen LogP contribution in [0.2, 0.25) is 0 Å². The van der Waals surface area contributed by atoms with Crippen molar-refractivity contribution in [1.82, 2.24) is 9.80 Å². The van der Waals surface area contributed by atoms with Crippen molar-refractivity contribution in [3.63, 3.8) is 0 Å². The fourth-order valence-corrected chi connectivity index (χ4v) is 3.44. The molecule has 1 saturated heterocycles.